The van der Waals surface area contributed by atoms with Gasteiger partial charge < -0.3 is 10.7 Å². The number of rotatable bonds is 2. The fraction of sp³-hybridized carbons (Fsp3) is 0.214. The summed E-state index contributed by atoms with van der Waals surface area (Å²) in [6.45, 7) is 6.13. The number of aromatic nitrogens is 1. The Kier molecular flexibility index (Phi) is 2.76. The molecule has 2 aromatic rings. The van der Waals surface area contributed by atoms with Crippen LogP contribution < -0.4 is 5.73 Å². The molecule has 1 aromatic heterocycles. The third-order valence-corrected chi connectivity index (χ3v) is 3.02. The molecule has 0 aliphatic carbocycles. The Morgan fingerprint density at radius 3 is 2.53 bits per heavy atom. The monoisotopic (exact) mass is 228 g/mol. The molecule has 17 heavy (non-hydrogen) atoms. The van der Waals surface area contributed by atoms with Gasteiger partial charge in [-0.1, -0.05) is 12.1 Å². The van der Waals surface area contributed by atoms with Crippen LogP contribution >= 0.6 is 0 Å². The van der Waals surface area contributed by atoms with Gasteiger partial charge in [0.25, 0.3) is 0 Å². The van der Waals surface area contributed by atoms with E-state index in [2.05, 4.69) is 31.0 Å². The number of amides is 1. The van der Waals surface area contributed by atoms with Gasteiger partial charge in [0.05, 0.1) is 0 Å². The summed E-state index contributed by atoms with van der Waals surface area (Å²) in [6, 6.07) is 4.18. The first kappa shape index (κ1) is 11.5. The molecule has 0 unspecified atom stereocenters. The number of carbonyl (C=O) groups is 1. The molecule has 3 nitrogen and oxygen atoms in total. The summed E-state index contributed by atoms with van der Waals surface area (Å²) in [6.07, 6.45) is 3.18. The summed E-state index contributed by atoms with van der Waals surface area (Å²) in [7, 11) is 0. The highest BCUT2D eigenvalue weighted by Crippen LogP contribution is 2.28. The maximum absolute atomic E-state index is 10.8. The molecule has 0 radical (unpaired) electrons. The van der Waals surface area contributed by atoms with E-state index in [9.17, 15) is 4.79 Å². The molecule has 1 heterocycles. The van der Waals surface area contributed by atoms with Gasteiger partial charge in [0.1, 0.15) is 0 Å². The lowest BCUT2D eigenvalue weighted by molar-refractivity contribution is -0.113. The van der Waals surface area contributed by atoms with Crippen molar-refractivity contribution >= 4 is 22.9 Å². The van der Waals surface area contributed by atoms with Crippen molar-refractivity contribution in [2.24, 2.45) is 5.73 Å². The first-order valence-corrected chi connectivity index (χ1v) is 5.56. The van der Waals surface area contributed by atoms with Crippen LogP contribution in [0.2, 0.25) is 0 Å². The molecule has 2 rings (SSSR count). The molecule has 0 aliphatic rings. The molecule has 0 saturated heterocycles. The number of primary amides is 1. The van der Waals surface area contributed by atoms with Crippen LogP contribution in [0.15, 0.2) is 18.2 Å². The summed E-state index contributed by atoms with van der Waals surface area (Å²) in [5, 5.41) is 1.17. The highest BCUT2D eigenvalue weighted by molar-refractivity contribution is 5.98. The van der Waals surface area contributed by atoms with E-state index in [1.165, 1.54) is 22.6 Å². The van der Waals surface area contributed by atoms with E-state index in [1.54, 1.807) is 6.08 Å². The quantitative estimate of drug-likeness (QED) is 0.762. The number of carbonyl (C=O) groups excluding carboxylic acids is 1. The van der Waals surface area contributed by atoms with Crippen molar-refractivity contribution in [2.45, 2.75) is 20.8 Å². The Labute approximate surface area is 100 Å². The van der Waals surface area contributed by atoms with Gasteiger partial charge in [0.2, 0.25) is 5.91 Å². The highest BCUT2D eigenvalue weighted by atomic mass is 16.1. The van der Waals surface area contributed by atoms with Crippen LogP contribution in [0.5, 0.6) is 0 Å². The fourth-order valence-corrected chi connectivity index (χ4v) is 2.14. The second-order valence-corrected chi connectivity index (χ2v) is 4.35. The van der Waals surface area contributed by atoms with Crippen molar-refractivity contribution in [2.75, 3.05) is 0 Å². The first-order valence-electron chi connectivity index (χ1n) is 5.56. The fourth-order valence-electron chi connectivity index (χ4n) is 2.14. The molecule has 1 aromatic carbocycles. The summed E-state index contributed by atoms with van der Waals surface area (Å²) >= 11 is 0. The van der Waals surface area contributed by atoms with Gasteiger partial charge in [0, 0.05) is 28.2 Å². The van der Waals surface area contributed by atoms with Crippen molar-refractivity contribution in [1.82, 2.24) is 4.98 Å². The van der Waals surface area contributed by atoms with E-state index in [0.29, 0.717) is 0 Å². The van der Waals surface area contributed by atoms with Gasteiger partial charge in [-0.05, 0) is 38.0 Å². The Bertz CT molecular complexity index is 621. The number of hydrogen-bond donors (Lipinski definition) is 2. The van der Waals surface area contributed by atoms with Crippen LogP contribution in [0.3, 0.4) is 0 Å². The lowest BCUT2D eigenvalue weighted by Crippen LogP contribution is -2.05. The molecule has 88 valence electrons. The van der Waals surface area contributed by atoms with E-state index in [0.717, 1.165) is 16.8 Å². The first-order chi connectivity index (χ1) is 8.00. The van der Waals surface area contributed by atoms with E-state index in [4.69, 9.17) is 5.73 Å². The SMILES string of the molecule is Cc1[nH]c2c(C)ccc(C)c2c1/C=C/C(N)=O. The molecular weight excluding hydrogens is 212 g/mol. The van der Waals surface area contributed by atoms with E-state index in [1.807, 2.05) is 6.92 Å². The molecule has 1 amide bonds. The van der Waals surface area contributed by atoms with Crippen LogP contribution in [0, 0.1) is 20.8 Å². The number of nitrogens with one attached hydrogen (secondary N) is 1. The molecule has 0 fully saturated rings. The zero-order chi connectivity index (χ0) is 12.6. The van der Waals surface area contributed by atoms with E-state index < -0.39 is 5.91 Å². The van der Waals surface area contributed by atoms with Crippen molar-refractivity contribution in [1.29, 1.82) is 0 Å². The zero-order valence-corrected chi connectivity index (χ0v) is 10.3. The average Bonchev–Trinajstić information content (AvgIpc) is 2.59. The topological polar surface area (TPSA) is 58.9 Å². The molecule has 0 spiro atoms. The second kappa shape index (κ2) is 4.09. The third kappa shape index (κ3) is 1.96. The van der Waals surface area contributed by atoms with Gasteiger partial charge in [-0.2, -0.15) is 0 Å². The number of benzene rings is 1. The predicted molar refractivity (Wildman–Crippen MR) is 70.7 cm³/mol. The van der Waals surface area contributed by atoms with Crippen LogP contribution in [-0.4, -0.2) is 10.9 Å². The maximum Gasteiger partial charge on any atom is 0.241 e. The van der Waals surface area contributed by atoms with Gasteiger partial charge in [-0.3, -0.25) is 4.79 Å². The lowest BCUT2D eigenvalue weighted by Gasteiger charge is -2.01. The molecule has 0 saturated carbocycles. The van der Waals surface area contributed by atoms with Crippen molar-refractivity contribution in [3.8, 4) is 0 Å². The number of hydrogen-bond acceptors (Lipinski definition) is 1. The van der Waals surface area contributed by atoms with Crippen molar-refractivity contribution in [3.63, 3.8) is 0 Å². The van der Waals surface area contributed by atoms with Crippen LogP contribution in [0.25, 0.3) is 17.0 Å². The van der Waals surface area contributed by atoms with Gasteiger partial charge >= 0.3 is 0 Å². The summed E-state index contributed by atoms with van der Waals surface area (Å²) in [5.41, 5.74) is 10.8. The standard InChI is InChI=1S/C14H16N2O/c1-8-4-5-9(2)14-13(8)11(10(3)16-14)6-7-12(15)17/h4-7,16H,1-3H3,(H2,15,17)/b7-6+. The Morgan fingerprint density at radius 1 is 1.24 bits per heavy atom. The number of nitrogens with two attached hydrogens (primary N) is 1. The minimum absolute atomic E-state index is 0.427. The minimum atomic E-state index is -0.427. The highest BCUT2D eigenvalue weighted by Gasteiger charge is 2.10. The van der Waals surface area contributed by atoms with Crippen molar-refractivity contribution in [3.05, 3.63) is 40.6 Å². The summed E-state index contributed by atoms with van der Waals surface area (Å²) < 4.78 is 0. The summed E-state index contributed by atoms with van der Waals surface area (Å²) in [4.78, 5) is 14.2. The number of H-pyrrole nitrogens is 1. The van der Waals surface area contributed by atoms with Gasteiger partial charge in [-0.15, -0.1) is 0 Å². The number of aryl methyl sites for hydroxylation is 3. The number of fused-ring (bicyclic) bond motifs is 1. The van der Waals surface area contributed by atoms with Crippen molar-refractivity contribution < 1.29 is 4.79 Å². The van der Waals surface area contributed by atoms with Crippen LogP contribution in [0.1, 0.15) is 22.4 Å². The second-order valence-electron chi connectivity index (χ2n) is 4.35. The molecule has 0 aliphatic heterocycles. The summed E-state index contributed by atoms with van der Waals surface area (Å²) in [5.74, 6) is -0.427. The number of aromatic amines is 1. The van der Waals surface area contributed by atoms with Crippen LogP contribution in [0.4, 0.5) is 0 Å². The lowest BCUT2D eigenvalue weighted by atomic mass is 10.0. The molecule has 3 N–H and O–H groups in total. The minimum Gasteiger partial charge on any atom is -0.366 e. The Hall–Kier alpha value is -2.03. The van der Waals surface area contributed by atoms with Gasteiger partial charge in [0.15, 0.2) is 0 Å². The maximum atomic E-state index is 10.8. The van der Waals surface area contributed by atoms with Crippen LogP contribution in [-0.2, 0) is 4.79 Å². The Balaban J connectivity index is 2.75. The smallest absolute Gasteiger partial charge is 0.241 e. The average molecular weight is 228 g/mol. The Morgan fingerprint density at radius 2 is 1.88 bits per heavy atom. The largest absolute Gasteiger partial charge is 0.366 e. The predicted octanol–water partition coefficient (Wildman–Crippen LogP) is 2.59. The molecule has 0 bridgehead atoms. The zero-order valence-electron chi connectivity index (χ0n) is 10.3. The molecular formula is C14H16N2O. The van der Waals surface area contributed by atoms with E-state index in [-0.39, 0.29) is 0 Å². The third-order valence-electron chi connectivity index (χ3n) is 3.02. The normalized spacial score (nSPS) is 11.5. The van der Waals surface area contributed by atoms with Gasteiger partial charge in [-0.25, -0.2) is 0 Å². The molecule has 0 atom stereocenters. The van der Waals surface area contributed by atoms with E-state index >= 15 is 0 Å². The molecule has 3 heteroatoms.